The lowest BCUT2D eigenvalue weighted by Crippen LogP contribution is -2.40. The minimum Gasteiger partial charge on any atom is -0.450 e. The lowest BCUT2D eigenvalue weighted by molar-refractivity contribution is -0.234. The predicted molar refractivity (Wildman–Crippen MR) is 211 cm³/mol. The van der Waals surface area contributed by atoms with E-state index < -0.39 is 36.7 Å². The Hall–Kier alpha value is -4.43. The molecule has 0 fully saturated rings. The van der Waals surface area contributed by atoms with Gasteiger partial charge in [-0.25, -0.2) is 4.79 Å². The predicted octanol–water partition coefficient (Wildman–Crippen LogP) is 11.9. The molecule has 0 heterocycles. The number of carbonyl (C=O) groups is 2. The van der Waals surface area contributed by atoms with Crippen LogP contribution in [0.1, 0.15) is 110 Å². The molecule has 0 saturated carbocycles. The van der Waals surface area contributed by atoms with Crippen molar-refractivity contribution in [1.82, 2.24) is 0 Å². The van der Waals surface area contributed by atoms with Gasteiger partial charge in [0.2, 0.25) is 6.10 Å². The first-order chi connectivity index (χ1) is 26.7. The third kappa shape index (κ3) is 13.7. The first-order valence-electron chi connectivity index (χ1n) is 20.1. The van der Waals surface area contributed by atoms with Crippen LogP contribution in [0.2, 0.25) is 0 Å². The second-order valence-electron chi connectivity index (χ2n) is 14.7. The molecule has 8 heteroatoms. The highest BCUT2D eigenvalue weighted by Gasteiger charge is 2.44. The summed E-state index contributed by atoms with van der Waals surface area (Å²) in [7, 11) is 0. The Balaban J connectivity index is 1.04. The molecular formula is C47H55F3O5. The summed E-state index contributed by atoms with van der Waals surface area (Å²) in [6, 6.07) is 31.0. The van der Waals surface area contributed by atoms with Gasteiger partial charge in [-0.3, -0.25) is 4.79 Å². The smallest absolute Gasteiger partial charge is 0.427 e. The summed E-state index contributed by atoms with van der Waals surface area (Å²) in [5, 5.41) is 0. The van der Waals surface area contributed by atoms with Crippen molar-refractivity contribution >= 4 is 11.9 Å². The number of hydrogen-bond acceptors (Lipinski definition) is 5. The summed E-state index contributed by atoms with van der Waals surface area (Å²) in [6.45, 7) is 1.67. The topological polar surface area (TPSA) is 61.8 Å². The van der Waals surface area contributed by atoms with Crippen LogP contribution in [0.5, 0.6) is 5.75 Å². The normalized spacial score (nSPS) is 14.6. The third-order valence-electron chi connectivity index (χ3n) is 10.4. The van der Waals surface area contributed by atoms with Gasteiger partial charge in [0.15, 0.2) is 0 Å². The largest absolute Gasteiger partial charge is 0.450 e. The van der Waals surface area contributed by atoms with Crippen molar-refractivity contribution in [3.63, 3.8) is 0 Å². The maximum absolute atomic E-state index is 13.7. The molecule has 294 valence electrons. The summed E-state index contributed by atoms with van der Waals surface area (Å²) in [6.07, 6.45) is 7.73. The Kier molecular flexibility index (Phi) is 16.4. The maximum Gasteiger partial charge on any atom is 0.427 e. The van der Waals surface area contributed by atoms with Crippen molar-refractivity contribution < 1.29 is 37.0 Å². The van der Waals surface area contributed by atoms with Crippen LogP contribution in [-0.4, -0.2) is 37.4 Å². The fraction of sp³-hybridized carbons (Fsp3) is 0.447. The first-order valence-corrected chi connectivity index (χ1v) is 20.1. The molecule has 1 aliphatic carbocycles. The minimum absolute atomic E-state index is 0.153. The number of ether oxygens (including phenoxy) is 3. The molecule has 5 nitrogen and oxygen atoms in total. The van der Waals surface area contributed by atoms with E-state index in [9.17, 15) is 22.8 Å². The third-order valence-corrected chi connectivity index (χ3v) is 10.4. The number of alkyl halides is 3. The van der Waals surface area contributed by atoms with Crippen molar-refractivity contribution in [2.24, 2.45) is 5.92 Å². The molecule has 0 bridgehead atoms. The van der Waals surface area contributed by atoms with Gasteiger partial charge in [0.05, 0.1) is 18.1 Å². The van der Waals surface area contributed by atoms with Gasteiger partial charge in [0.25, 0.3) is 0 Å². The molecule has 0 saturated heterocycles. The molecule has 2 unspecified atom stereocenters. The van der Waals surface area contributed by atoms with E-state index >= 15 is 0 Å². The van der Waals surface area contributed by atoms with Crippen molar-refractivity contribution in [1.29, 1.82) is 0 Å². The van der Waals surface area contributed by atoms with Crippen LogP contribution in [-0.2, 0) is 40.0 Å². The molecular weight excluding hydrogens is 702 g/mol. The number of rotatable bonds is 21. The first kappa shape index (κ1) is 41.7. The standard InChI is InChI=1S/C47H55F3O5/c1-2-3-4-5-6-7-8-10-17-36-19-21-37(22-20-36)38-23-25-39(26-24-38)45(51)54-43-30-29-40-32-42(28-27-41(40)33-43)46(52)55-44(47(48,49)50)34-53-31-14-13-18-35-15-11-9-12-16-35/h9,11-12,15-16,19-26,29-30,33,42,44H,2-8,10,13-14,17-18,27-28,31-32,34H2,1H3. The Morgan fingerprint density at radius 3 is 2.00 bits per heavy atom. The van der Waals surface area contributed by atoms with E-state index in [1.165, 1.54) is 56.9 Å². The Labute approximate surface area is 324 Å². The Bertz CT molecular complexity index is 1750. The van der Waals surface area contributed by atoms with Gasteiger partial charge in [-0.2, -0.15) is 13.2 Å². The van der Waals surface area contributed by atoms with Gasteiger partial charge < -0.3 is 14.2 Å². The van der Waals surface area contributed by atoms with Crippen LogP contribution in [0.15, 0.2) is 97.1 Å². The van der Waals surface area contributed by atoms with Gasteiger partial charge in [-0.15, -0.1) is 0 Å². The molecule has 0 amide bonds. The molecule has 4 aromatic rings. The zero-order valence-electron chi connectivity index (χ0n) is 32.1. The summed E-state index contributed by atoms with van der Waals surface area (Å²) in [5.74, 6) is -1.70. The SMILES string of the molecule is CCCCCCCCCCc1ccc(-c2ccc(C(=O)Oc3ccc4c(c3)CCC(C(=O)OC(COCCCCc3ccccc3)C(F)(F)F)C4)cc2)cc1. The number of halogens is 3. The van der Waals surface area contributed by atoms with Crippen LogP contribution < -0.4 is 4.74 Å². The minimum atomic E-state index is -4.73. The molecule has 0 spiro atoms. The lowest BCUT2D eigenvalue weighted by Gasteiger charge is -2.27. The maximum atomic E-state index is 13.7. The van der Waals surface area contributed by atoms with Gasteiger partial charge >= 0.3 is 18.1 Å². The van der Waals surface area contributed by atoms with Crippen LogP contribution in [0.3, 0.4) is 0 Å². The second kappa shape index (κ2) is 21.6. The second-order valence-corrected chi connectivity index (χ2v) is 14.7. The van der Waals surface area contributed by atoms with Gasteiger partial charge in [0.1, 0.15) is 5.75 Å². The van der Waals surface area contributed by atoms with Gasteiger partial charge in [-0.1, -0.05) is 125 Å². The highest BCUT2D eigenvalue weighted by Crippen LogP contribution is 2.32. The highest BCUT2D eigenvalue weighted by molar-refractivity contribution is 5.91. The van der Waals surface area contributed by atoms with E-state index in [-0.39, 0.29) is 13.0 Å². The van der Waals surface area contributed by atoms with Crippen LogP contribution in [0.25, 0.3) is 11.1 Å². The molecule has 0 radical (unpaired) electrons. The quantitative estimate of drug-likeness (QED) is 0.0481. The summed E-state index contributed by atoms with van der Waals surface area (Å²) in [5.41, 5.74) is 6.74. The van der Waals surface area contributed by atoms with E-state index in [2.05, 4.69) is 31.2 Å². The van der Waals surface area contributed by atoms with Crippen molar-refractivity contribution in [2.45, 2.75) is 116 Å². The van der Waals surface area contributed by atoms with E-state index in [0.29, 0.717) is 30.6 Å². The average molecular weight is 757 g/mol. The average Bonchev–Trinajstić information content (AvgIpc) is 3.19. The number of unbranched alkanes of at least 4 members (excludes halogenated alkanes) is 8. The van der Waals surface area contributed by atoms with E-state index in [4.69, 9.17) is 14.2 Å². The van der Waals surface area contributed by atoms with E-state index in [1.807, 2.05) is 42.5 Å². The molecule has 0 N–H and O–H groups in total. The van der Waals surface area contributed by atoms with E-state index in [1.54, 1.807) is 30.3 Å². The van der Waals surface area contributed by atoms with E-state index in [0.717, 1.165) is 47.1 Å². The number of carbonyl (C=O) groups excluding carboxylic acids is 2. The zero-order valence-corrected chi connectivity index (χ0v) is 32.1. The van der Waals surface area contributed by atoms with Crippen LogP contribution in [0.4, 0.5) is 13.2 Å². The lowest BCUT2D eigenvalue weighted by atomic mass is 9.84. The van der Waals surface area contributed by atoms with Gasteiger partial charge in [0, 0.05) is 6.61 Å². The number of fused-ring (bicyclic) bond motifs is 1. The molecule has 5 rings (SSSR count). The molecule has 0 aliphatic heterocycles. The monoisotopic (exact) mass is 756 g/mol. The summed E-state index contributed by atoms with van der Waals surface area (Å²) in [4.78, 5) is 25.9. The van der Waals surface area contributed by atoms with Crippen molar-refractivity contribution in [2.75, 3.05) is 13.2 Å². The molecule has 1 aliphatic rings. The fourth-order valence-corrected chi connectivity index (χ4v) is 7.09. The number of benzene rings is 4. The molecule has 2 atom stereocenters. The Morgan fingerprint density at radius 1 is 0.709 bits per heavy atom. The molecule has 4 aromatic carbocycles. The molecule has 0 aromatic heterocycles. The van der Waals surface area contributed by atoms with Crippen LogP contribution >= 0.6 is 0 Å². The summed E-state index contributed by atoms with van der Waals surface area (Å²) >= 11 is 0. The Morgan fingerprint density at radius 2 is 1.33 bits per heavy atom. The summed E-state index contributed by atoms with van der Waals surface area (Å²) < 4.78 is 57.2. The number of hydrogen-bond donors (Lipinski definition) is 0. The van der Waals surface area contributed by atoms with Crippen molar-refractivity contribution in [3.8, 4) is 16.9 Å². The number of esters is 2. The highest BCUT2D eigenvalue weighted by atomic mass is 19.4. The van der Waals surface area contributed by atoms with Crippen LogP contribution in [0, 0.1) is 5.92 Å². The zero-order chi connectivity index (χ0) is 38.9. The number of aryl methyl sites for hydroxylation is 3. The van der Waals surface area contributed by atoms with Crippen molar-refractivity contribution in [3.05, 3.63) is 125 Å². The van der Waals surface area contributed by atoms with Gasteiger partial charge in [-0.05, 0) is 109 Å². The molecule has 55 heavy (non-hydrogen) atoms. The fourth-order valence-electron chi connectivity index (χ4n) is 7.09.